The number of rotatable bonds is 2. The van der Waals surface area contributed by atoms with Crippen LogP contribution in [0.25, 0.3) is 11.6 Å². The van der Waals surface area contributed by atoms with E-state index < -0.39 is 0 Å². The molecule has 0 saturated heterocycles. The molecule has 0 bridgehead atoms. The van der Waals surface area contributed by atoms with Gasteiger partial charge in [-0.1, -0.05) is 60.5 Å². The zero-order valence-corrected chi connectivity index (χ0v) is 9.85. The Bertz CT molecular complexity index is 568. The average molecular weight is 218 g/mol. The molecule has 0 saturated carbocycles. The summed E-state index contributed by atoms with van der Waals surface area (Å²) in [6.07, 6.45) is 7.62. The summed E-state index contributed by atoms with van der Waals surface area (Å²) < 4.78 is 0. The number of allylic oxidation sites excluding steroid dienone is 1. The lowest BCUT2D eigenvalue weighted by Crippen LogP contribution is -1.83. The molecule has 0 aliphatic rings. The Kier molecular flexibility index (Phi) is 3.43. The topological polar surface area (TPSA) is 0 Å². The monoisotopic (exact) mass is 218 g/mol. The molecule has 17 heavy (non-hydrogen) atoms. The van der Waals surface area contributed by atoms with E-state index >= 15 is 0 Å². The van der Waals surface area contributed by atoms with Crippen molar-refractivity contribution >= 4 is 11.6 Å². The first-order chi connectivity index (χ1) is 8.31. The third-order valence-corrected chi connectivity index (χ3v) is 2.72. The quantitative estimate of drug-likeness (QED) is 0.522. The van der Waals surface area contributed by atoms with Crippen LogP contribution in [0.4, 0.5) is 0 Å². The molecule has 82 valence electrons. The van der Waals surface area contributed by atoms with Crippen LogP contribution < -0.4 is 0 Å². The van der Waals surface area contributed by atoms with Gasteiger partial charge in [0, 0.05) is 5.56 Å². The van der Waals surface area contributed by atoms with Crippen molar-refractivity contribution < 1.29 is 0 Å². The lowest BCUT2D eigenvalue weighted by Gasteiger charge is -2.03. The highest BCUT2D eigenvalue weighted by molar-refractivity contribution is 5.81. The molecule has 0 fully saturated rings. The van der Waals surface area contributed by atoms with E-state index in [1.54, 1.807) is 0 Å². The van der Waals surface area contributed by atoms with Crippen LogP contribution in [-0.4, -0.2) is 0 Å². The Morgan fingerprint density at radius 2 is 1.65 bits per heavy atom. The first-order valence-electron chi connectivity index (χ1n) is 5.60. The van der Waals surface area contributed by atoms with Gasteiger partial charge in [0.1, 0.15) is 0 Å². The van der Waals surface area contributed by atoms with Crippen LogP contribution in [-0.2, 0) is 0 Å². The molecule has 0 heterocycles. The second-order valence-electron chi connectivity index (χ2n) is 3.92. The lowest BCUT2D eigenvalue weighted by atomic mass is 10.0. The SMILES string of the molecule is C#Cc1ccccc1/C=C(/C)c1ccccc1. The smallest absolute Gasteiger partial charge is 0.0315 e. The van der Waals surface area contributed by atoms with E-state index in [1.807, 2.05) is 42.5 Å². The van der Waals surface area contributed by atoms with Crippen LogP contribution >= 0.6 is 0 Å². The second kappa shape index (κ2) is 5.18. The second-order valence-corrected chi connectivity index (χ2v) is 3.92. The summed E-state index contributed by atoms with van der Waals surface area (Å²) in [6, 6.07) is 18.3. The van der Waals surface area contributed by atoms with E-state index in [-0.39, 0.29) is 0 Å². The van der Waals surface area contributed by atoms with Crippen molar-refractivity contribution in [2.75, 3.05) is 0 Å². The number of benzene rings is 2. The van der Waals surface area contributed by atoms with Crippen molar-refractivity contribution in [2.24, 2.45) is 0 Å². The zero-order valence-electron chi connectivity index (χ0n) is 9.85. The van der Waals surface area contributed by atoms with Gasteiger partial charge in [0.15, 0.2) is 0 Å². The van der Waals surface area contributed by atoms with Gasteiger partial charge in [-0.15, -0.1) is 6.42 Å². The van der Waals surface area contributed by atoms with Gasteiger partial charge in [-0.2, -0.15) is 0 Å². The average Bonchev–Trinajstić information content (AvgIpc) is 2.40. The molecule has 0 nitrogen and oxygen atoms in total. The molecular formula is C17H14. The van der Waals surface area contributed by atoms with E-state index in [0.717, 1.165) is 11.1 Å². The van der Waals surface area contributed by atoms with E-state index in [4.69, 9.17) is 6.42 Å². The molecule has 2 aromatic rings. The first kappa shape index (κ1) is 11.2. The normalized spacial score (nSPS) is 10.9. The maximum absolute atomic E-state index is 5.49. The first-order valence-corrected chi connectivity index (χ1v) is 5.60. The summed E-state index contributed by atoms with van der Waals surface area (Å²) in [4.78, 5) is 0. The number of hydrogen-bond donors (Lipinski definition) is 0. The third kappa shape index (κ3) is 2.65. The molecule has 0 N–H and O–H groups in total. The van der Waals surface area contributed by atoms with Crippen molar-refractivity contribution in [3.8, 4) is 12.3 Å². The van der Waals surface area contributed by atoms with Gasteiger partial charge < -0.3 is 0 Å². The third-order valence-electron chi connectivity index (χ3n) is 2.72. The Morgan fingerprint density at radius 1 is 1.00 bits per heavy atom. The molecule has 0 amide bonds. The molecule has 2 rings (SSSR count). The standard InChI is InChI=1S/C17H14/c1-3-15-9-7-8-12-17(15)13-14(2)16-10-5-4-6-11-16/h1,4-13H,2H3/b14-13-. The molecule has 0 aromatic heterocycles. The summed E-state index contributed by atoms with van der Waals surface area (Å²) in [5.74, 6) is 2.71. The fourth-order valence-corrected chi connectivity index (χ4v) is 1.77. The van der Waals surface area contributed by atoms with Gasteiger partial charge in [-0.3, -0.25) is 0 Å². The Hall–Kier alpha value is -2.26. The van der Waals surface area contributed by atoms with Crippen LogP contribution in [0.5, 0.6) is 0 Å². The molecule has 0 atom stereocenters. The van der Waals surface area contributed by atoms with E-state index in [0.29, 0.717) is 0 Å². The largest absolute Gasteiger partial charge is 0.115 e. The van der Waals surface area contributed by atoms with E-state index in [9.17, 15) is 0 Å². The molecule has 0 heteroatoms. The van der Waals surface area contributed by atoms with Crippen LogP contribution in [0.3, 0.4) is 0 Å². The van der Waals surface area contributed by atoms with Crippen LogP contribution in [0.1, 0.15) is 23.6 Å². The minimum Gasteiger partial charge on any atom is -0.115 e. The molecule has 0 radical (unpaired) electrons. The maximum Gasteiger partial charge on any atom is 0.0315 e. The van der Waals surface area contributed by atoms with Crippen molar-refractivity contribution in [1.82, 2.24) is 0 Å². The van der Waals surface area contributed by atoms with Crippen molar-refractivity contribution in [1.29, 1.82) is 0 Å². The van der Waals surface area contributed by atoms with Gasteiger partial charge in [-0.05, 0) is 29.7 Å². The highest BCUT2D eigenvalue weighted by Crippen LogP contribution is 2.19. The molecule has 0 aliphatic heterocycles. The number of hydrogen-bond acceptors (Lipinski definition) is 0. The van der Waals surface area contributed by atoms with Crippen LogP contribution in [0.15, 0.2) is 54.6 Å². The highest BCUT2D eigenvalue weighted by Gasteiger charge is 1.98. The van der Waals surface area contributed by atoms with Crippen LogP contribution in [0.2, 0.25) is 0 Å². The van der Waals surface area contributed by atoms with Gasteiger partial charge in [0.25, 0.3) is 0 Å². The Morgan fingerprint density at radius 3 is 2.35 bits per heavy atom. The minimum atomic E-state index is 0.933. The number of terminal acetylenes is 1. The van der Waals surface area contributed by atoms with E-state index in [2.05, 4.69) is 31.1 Å². The predicted molar refractivity (Wildman–Crippen MR) is 74.4 cm³/mol. The Labute approximate surface area is 103 Å². The van der Waals surface area contributed by atoms with Crippen molar-refractivity contribution in [2.45, 2.75) is 6.92 Å². The van der Waals surface area contributed by atoms with Gasteiger partial charge in [0.05, 0.1) is 0 Å². The molecule has 2 aromatic carbocycles. The zero-order chi connectivity index (χ0) is 12.1. The predicted octanol–water partition coefficient (Wildman–Crippen LogP) is 4.23. The fourth-order valence-electron chi connectivity index (χ4n) is 1.77. The fraction of sp³-hybridized carbons (Fsp3) is 0.0588. The van der Waals surface area contributed by atoms with Crippen molar-refractivity contribution in [3.05, 3.63) is 71.3 Å². The van der Waals surface area contributed by atoms with Gasteiger partial charge in [-0.25, -0.2) is 0 Å². The molecule has 0 aliphatic carbocycles. The molecular weight excluding hydrogens is 204 g/mol. The highest BCUT2D eigenvalue weighted by atomic mass is 14.0. The summed E-state index contributed by atoms with van der Waals surface area (Å²) in [5.41, 5.74) is 4.46. The van der Waals surface area contributed by atoms with Gasteiger partial charge in [0.2, 0.25) is 0 Å². The molecule has 0 spiro atoms. The Balaban J connectivity index is 2.41. The summed E-state index contributed by atoms with van der Waals surface area (Å²) in [5, 5.41) is 0. The van der Waals surface area contributed by atoms with Crippen LogP contribution in [0, 0.1) is 12.3 Å². The summed E-state index contributed by atoms with van der Waals surface area (Å²) in [7, 11) is 0. The maximum atomic E-state index is 5.49. The minimum absolute atomic E-state index is 0.933. The van der Waals surface area contributed by atoms with E-state index in [1.165, 1.54) is 11.1 Å². The summed E-state index contributed by atoms with van der Waals surface area (Å²) in [6.45, 7) is 2.10. The summed E-state index contributed by atoms with van der Waals surface area (Å²) >= 11 is 0. The van der Waals surface area contributed by atoms with Gasteiger partial charge >= 0.3 is 0 Å². The van der Waals surface area contributed by atoms with Crippen molar-refractivity contribution in [3.63, 3.8) is 0 Å². The lowest BCUT2D eigenvalue weighted by molar-refractivity contribution is 1.56. The molecule has 0 unspecified atom stereocenters.